The van der Waals surface area contributed by atoms with Crippen molar-refractivity contribution in [3.8, 4) is 0 Å². The van der Waals surface area contributed by atoms with Gasteiger partial charge in [0.1, 0.15) is 5.73 Å². The normalized spacial score (nSPS) is 16.3. The largest absolute Gasteiger partial charge is 0.460 e. The Kier molecular flexibility index (Phi) is 6.60. The van der Waals surface area contributed by atoms with E-state index in [9.17, 15) is 4.79 Å². The van der Waals surface area contributed by atoms with Crippen LogP contribution in [0.15, 0.2) is 12.2 Å². The number of ether oxygens (including phenoxy) is 1. The molecule has 0 heterocycles. The van der Waals surface area contributed by atoms with Crippen LogP contribution in [-0.4, -0.2) is 27.1 Å². The van der Waals surface area contributed by atoms with Gasteiger partial charge in [0, 0.05) is 12.7 Å². The van der Waals surface area contributed by atoms with Crippen LogP contribution in [0.5, 0.6) is 0 Å². The zero-order valence-electron chi connectivity index (χ0n) is 11.1. The quantitative estimate of drug-likeness (QED) is 0.392. The van der Waals surface area contributed by atoms with Gasteiger partial charge in [0.25, 0.3) is 0 Å². The molecule has 0 aliphatic rings. The summed E-state index contributed by atoms with van der Waals surface area (Å²) < 4.78 is 11.1. The van der Waals surface area contributed by atoms with Crippen LogP contribution in [0.1, 0.15) is 33.6 Å². The standard InChI is InChI=1S/C12H24O3Si/c1-7-9-16(6,14-5)11(8-2)15-12(13)10(3)4/h11H,3,7-9H2,1-2,4-6H3. The Morgan fingerprint density at radius 2 is 2.00 bits per heavy atom. The third-order valence-electron chi connectivity index (χ3n) is 2.86. The first-order valence-electron chi connectivity index (χ1n) is 5.82. The van der Waals surface area contributed by atoms with Crippen molar-refractivity contribution in [2.45, 2.75) is 51.9 Å². The summed E-state index contributed by atoms with van der Waals surface area (Å²) in [5, 5.41) is 0. The Bertz CT molecular complexity index is 253. The molecule has 0 spiro atoms. The van der Waals surface area contributed by atoms with E-state index in [-0.39, 0.29) is 11.7 Å². The van der Waals surface area contributed by atoms with Gasteiger partial charge in [-0.3, -0.25) is 0 Å². The number of carbonyl (C=O) groups is 1. The first kappa shape index (κ1) is 15.4. The first-order chi connectivity index (χ1) is 7.41. The van der Waals surface area contributed by atoms with Gasteiger partial charge in [0.2, 0.25) is 8.32 Å². The maximum absolute atomic E-state index is 11.5. The zero-order chi connectivity index (χ0) is 12.8. The van der Waals surface area contributed by atoms with Gasteiger partial charge in [-0.25, -0.2) is 4.79 Å². The monoisotopic (exact) mass is 244 g/mol. The Balaban J connectivity index is 4.68. The van der Waals surface area contributed by atoms with Gasteiger partial charge >= 0.3 is 5.97 Å². The molecular formula is C12H24O3Si. The third kappa shape index (κ3) is 4.10. The van der Waals surface area contributed by atoms with Gasteiger partial charge in [-0.1, -0.05) is 26.8 Å². The van der Waals surface area contributed by atoms with Gasteiger partial charge in [-0.05, 0) is 25.9 Å². The van der Waals surface area contributed by atoms with E-state index in [4.69, 9.17) is 9.16 Å². The molecule has 0 amide bonds. The van der Waals surface area contributed by atoms with Crippen LogP contribution in [0.4, 0.5) is 0 Å². The summed E-state index contributed by atoms with van der Waals surface area (Å²) in [6, 6.07) is 1.01. The summed E-state index contributed by atoms with van der Waals surface area (Å²) >= 11 is 0. The fraction of sp³-hybridized carbons (Fsp3) is 0.750. The smallest absolute Gasteiger partial charge is 0.333 e. The average molecular weight is 244 g/mol. The van der Waals surface area contributed by atoms with Crippen molar-refractivity contribution in [1.29, 1.82) is 0 Å². The van der Waals surface area contributed by atoms with Gasteiger partial charge < -0.3 is 9.16 Å². The van der Waals surface area contributed by atoms with Crippen molar-refractivity contribution < 1.29 is 14.0 Å². The van der Waals surface area contributed by atoms with E-state index in [1.54, 1.807) is 14.0 Å². The van der Waals surface area contributed by atoms with E-state index < -0.39 is 8.32 Å². The van der Waals surface area contributed by atoms with Crippen LogP contribution in [0.2, 0.25) is 12.6 Å². The van der Waals surface area contributed by atoms with Crippen molar-refractivity contribution in [3.63, 3.8) is 0 Å². The summed E-state index contributed by atoms with van der Waals surface area (Å²) in [6.07, 6.45) is 1.85. The van der Waals surface area contributed by atoms with Gasteiger partial charge in [0.15, 0.2) is 0 Å². The molecule has 0 aliphatic heterocycles. The van der Waals surface area contributed by atoms with Crippen molar-refractivity contribution >= 4 is 14.3 Å². The molecule has 2 unspecified atom stereocenters. The summed E-state index contributed by atoms with van der Waals surface area (Å²) in [4.78, 5) is 11.5. The molecule has 0 aromatic carbocycles. The molecule has 0 aromatic heterocycles. The Hall–Kier alpha value is -0.613. The maximum atomic E-state index is 11.5. The van der Waals surface area contributed by atoms with Crippen molar-refractivity contribution in [1.82, 2.24) is 0 Å². The van der Waals surface area contributed by atoms with Crippen LogP contribution >= 0.6 is 0 Å². The number of esters is 1. The van der Waals surface area contributed by atoms with Gasteiger partial charge in [-0.15, -0.1) is 0 Å². The van der Waals surface area contributed by atoms with E-state index >= 15 is 0 Å². The van der Waals surface area contributed by atoms with E-state index in [1.807, 2.05) is 6.92 Å². The lowest BCUT2D eigenvalue weighted by molar-refractivity contribution is -0.141. The third-order valence-corrected chi connectivity index (χ3v) is 7.18. The molecule has 0 radical (unpaired) electrons. The second-order valence-electron chi connectivity index (χ2n) is 4.35. The number of carbonyl (C=O) groups excluding carboxylic acids is 1. The lowest BCUT2D eigenvalue weighted by Gasteiger charge is -2.32. The highest BCUT2D eigenvalue weighted by Crippen LogP contribution is 2.23. The summed E-state index contributed by atoms with van der Waals surface area (Å²) in [5.74, 6) is -0.307. The van der Waals surface area contributed by atoms with E-state index in [1.165, 1.54) is 0 Å². The lowest BCUT2D eigenvalue weighted by Crippen LogP contribution is -2.49. The molecule has 0 aliphatic carbocycles. The lowest BCUT2D eigenvalue weighted by atomic mass is 10.4. The summed E-state index contributed by atoms with van der Waals surface area (Å²) in [7, 11) is -0.224. The SMILES string of the molecule is C=C(C)C(=O)OC(CC)[Si](C)(CCC)OC. The molecule has 0 saturated carbocycles. The Labute approximate surface area is 100.0 Å². The topological polar surface area (TPSA) is 35.5 Å². The molecule has 0 bridgehead atoms. The number of hydrogen-bond donors (Lipinski definition) is 0. The van der Waals surface area contributed by atoms with Crippen LogP contribution in [0.25, 0.3) is 0 Å². The van der Waals surface area contributed by atoms with Crippen molar-refractivity contribution in [2.24, 2.45) is 0 Å². The fourth-order valence-electron chi connectivity index (χ4n) is 1.76. The van der Waals surface area contributed by atoms with E-state index in [0.29, 0.717) is 5.57 Å². The molecule has 3 nitrogen and oxygen atoms in total. The van der Waals surface area contributed by atoms with E-state index in [0.717, 1.165) is 18.9 Å². The predicted molar refractivity (Wildman–Crippen MR) is 68.7 cm³/mol. The minimum atomic E-state index is -1.95. The summed E-state index contributed by atoms with van der Waals surface area (Å²) in [5.41, 5.74) is 0.365. The minimum Gasteiger partial charge on any atom is -0.460 e. The van der Waals surface area contributed by atoms with Gasteiger partial charge in [-0.2, -0.15) is 0 Å². The van der Waals surface area contributed by atoms with Crippen LogP contribution in [0, 0.1) is 0 Å². The van der Waals surface area contributed by atoms with Crippen LogP contribution in [0.3, 0.4) is 0 Å². The highest BCUT2D eigenvalue weighted by atomic mass is 28.4. The zero-order valence-corrected chi connectivity index (χ0v) is 12.1. The first-order valence-corrected chi connectivity index (χ1v) is 8.52. The Morgan fingerprint density at radius 3 is 2.31 bits per heavy atom. The number of hydrogen-bond acceptors (Lipinski definition) is 3. The summed E-state index contributed by atoms with van der Waals surface area (Å²) in [6.45, 7) is 11.5. The minimum absolute atomic E-state index is 0.0818. The predicted octanol–water partition coefficient (Wildman–Crippen LogP) is 3.06. The highest BCUT2D eigenvalue weighted by Gasteiger charge is 2.38. The molecule has 0 aromatic rings. The van der Waals surface area contributed by atoms with Crippen LogP contribution < -0.4 is 0 Å². The fourth-order valence-corrected chi connectivity index (χ4v) is 4.76. The molecule has 0 rings (SSSR count). The molecule has 4 heteroatoms. The van der Waals surface area contributed by atoms with Crippen molar-refractivity contribution in [3.05, 3.63) is 12.2 Å². The molecular weight excluding hydrogens is 220 g/mol. The average Bonchev–Trinajstić information content (AvgIpc) is 2.25. The molecule has 0 fully saturated rings. The highest BCUT2D eigenvalue weighted by molar-refractivity contribution is 6.73. The molecule has 2 atom stereocenters. The van der Waals surface area contributed by atoms with Crippen LogP contribution in [-0.2, 0) is 14.0 Å². The molecule has 0 N–H and O–H groups in total. The number of rotatable bonds is 7. The van der Waals surface area contributed by atoms with Crippen molar-refractivity contribution in [2.75, 3.05) is 7.11 Å². The molecule has 16 heavy (non-hydrogen) atoms. The Morgan fingerprint density at radius 1 is 1.44 bits per heavy atom. The van der Waals surface area contributed by atoms with Gasteiger partial charge in [0.05, 0.1) is 0 Å². The molecule has 94 valence electrons. The molecule has 0 saturated heterocycles. The second kappa shape index (κ2) is 6.86. The second-order valence-corrected chi connectivity index (χ2v) is 8.53. The van der Waals surface area contributed by atoms with E-state index in [2.05, 4.69) is 20.0 Å². The maximum Gasteiger partial charge on any atom is 0.333 e.